The summed E-state index contributed by atoms with van der Waals surface area (Å²) in [6.45, 7) is 1.59. The van der Waals surface area contributed by atoms with Crippen LogP contribution in [0.4, 0.5) is 5.69 Å². The molecule has 2 N–H and O–H groups in total. The second-order valence-electron chi connectivity index (χ2n) is 3.29. The molecule has 7 heteroatoms. The smallest absolute Gasteiger partial charge is 0.280 e. The van der Waals surface area contributed by atoms with Crippen molar-refractivity contribution in [3.63, 3.8) is 0 Å². The summed E-state index contributed by atoms with van der Waals surface area (Å²) in [7, 11) is 0. The van der Waals surface area contributed by atoms with E-state index in [1.54, 1.807) is 6.92 Å². The van der Waals surface area contributed by atoms with Crippen molar-refractivity contribution in [3.8, 4) is 0 Å². The molecule has 82 valence electrons. The van der Waals surface area contributed by atoms with Crippen molar-refractivity contribution < 1.29 is 4.92 Å². The summed E-state index contributed by atoms with van der Waals surface area (Å²) >= 11 is 0. The largest absolute Gasteiger partial charge is 0.335 e. The van der Waals surface area contributed by atoms with Gasteiger partial charge in [0.05, 0.1) is 15.8 Å². The molecule has 0 saturated heterocycles. The maximum atomic E-state index is 11.7. The Morgan fingerprint density at radius 3 is 2.81 bits per heavy atom. The molecule has 7 nitrogen and oxygen atoms in total. The average Bonchev–Trinajstić information content (AvgIpc) is 2.25. The van der Waals surface area contributed by atoms with Crippen LogP contribution < -0.4 is 11.4 Å². The minimum absolute atomic E-state index is 0.141. The van der Waals surface area contributed by atoms with Crippen LogP contribution in [0, 0.1) is 17.0 Å². The van der Waals surface area contributed by atoms with Gasteiger partial charge < -0.3 is 5.84 Å². The van der Waals surface area contributed by atoms with Crippen LogP contribution in [0.2, 0.25) is 0 Å². The third-order valence-corrected chi connectivity index (χ3v) is 2.27. The van der Waals surface area contributed by atoms with Gasteiger partial charge in [-0.1, -0.05) is 0 Å². The summed E-state index contributed by atoms with van der Waals surface area (Å²) in [6, 6.07) is 3.91. The van der Waals surface area contributed by atoms with Crippen LogP contribution in [0.15, 0.2) is 23.0 Å². The normalized spacial score (nSPS) is 10.6. The van der Waals surface area contributed by atoms with Gasteiger partial charge in [-0.3, -0.25) is 14.9 Å². The van der Waals surface area contributed by atoms with E-state index in [-0.39, 0.29) is 11.1 Å². The number of nitro groups is 1. The summed E-state index contributed by atoms with van der Waals surface area (Å²) in [4.78, 5) is 25.7. The van der Waals surface area contributed by atoms with E-state index in [4.69, 9.17) is 5.84 Å². The van der Waals surface area contributed by atoms with Gasteiger partial charge in [0.25, 0.3) is 11.2 Å². The molecule has 0 saturated carbocycles. The Balaban J connectivity index is 2.88. The standard InChI is InChI=1S/C9H8N4O3/c1-5-11-8-3-2-6(13(15)16)4-7(8)9(14)12(5)10/h2-4H,10H2,1H3. The zero-order valence-corrected chi connectivity index (χ0v) is 8.38. The number of aromatic nitrogens is 2. The van der Waals surface area contributed by atoms with Crippen molar-refractivity contribution in [3.05, 3.63) is 44.5 Å². The molecule has 1 heterocycles. The number of aryl methyl sites for hydroxylation is 1. The summed E-state index contributed by atoms with van der Waals surface area (Å²) < 4.78 is 0.867. The lowest BCUT2D eigenvalue weighted by molar-refractivity contribution is -0.384. The molecule has 0 unspecified atom stereocenters. The first-order valence-electron chi connectivity index (χ1n) is 4.43. The lowest BCUT2D eigenvalue weighted by Crippen LogP contribution is -2.30. The van der Waals surface area contributed by atoms with E-state index in [9.17, 15) is 14.9 Å². The molecule has 0 aliphatic heterocycles. The molecule has 0 aliphatic carbocycles. The maximum absolute atomic E-state index is 11.7. The van der Waals surface area contributed by atoms with E-state index in [0.29, 0.717) is 11.3 Å². The van der Waals surface area contributed by atoms with Crippen molar-refractivity contribution in [2.75, 3.05) is 5.84 Å². The van der Waals surface area contributed by atoms with E-state index in [2.05, 4.69) is 4.98 Å². The Bertz CT molecular complexity index is 647. The van der Waals surface area contributed by atoms with E-state index in [1.165, 1.54) is 18.2 Å². The first-order valence-corrected chi connectivity index (χ1v) is 4.43. The van der Waals surface area contributed by atoms with Crippen LogP contribution in [0.1, 0.15) is 5.82 Å². The van der Waals surface area contributed by atoms with Gasteiger partial charge in [-0.2, -0.15) is 0 Å². The Labute approximate surface area is 89.3 Å². The predicted octanol–water partition coefficient (Wildman–Crippen LogP) is 0.327. The van der Waals surface area contributed by atoms with E-state index in [1.807, 2.05) is 0 Å². The molecule has 1 aromatic heterocycles. The number of benzene rings is 1. The number of hydrogen-bond acceptors (Lipinski definition) is 5. The first-order chi connectivity index (χ1) is 7.50. The van der Waals surface area contributed by atoms with E-state index >= 15 is 0 Å². The Hall–Kier alpha value is -2.44. The van der Waals surface area contributed by atoms with Gasteiger partial charge in [-0.15, -0.1) is 0 Å². The minimum atomic E-state index is -0.570. The highest BCUT2D eigenvalue weighted by molar-refractivity contribution is 5.80. The summed E-state index contributed by atoms with van der Waals surface area (Å²) in [5, 5.41) is 10.7. The fourth-order valence-corrected chi connectivity index (χ4v) is 1.41. The molecule has 1 aromatic carbocycles. The van der Waals surface area contributed by atoms with Crippen LogP contribution in [0.5, 0.6) is 0 Å². The number of nitrogen functional groups attached to an aromatic ring is 1. The average molecular weight is 220 g/mol. The minimum Gasteiger partial charge on any atom is -0.335 e. The monoisotopic (exact) mass is 220 g/mol. The van der Waals surface area contributed by atoms with Gasteiger partial charge in [0.2, 0.25) is 0 Å². The Morgan fingerprint density at radius 1 is 1.50 bits per heavy atom. The zero-order chi connectivity index (χ0) is 11.9. The number of nitrogens with zero attached hydrogens (tertiary/aromatic N) is 3. The van der Waals surface area contributed by atoms with E-state index in [0.717, 1.165) is 4.68 Å². The van der Waals surface area contributed by atoms with Crippen molar-refractivity contribution in [2.45, 2.75) is 6.92 Å². The van der Waals surface area contributed by atoms with Crippen LogP contribution in [0.25, 0.3) is 10.9 Å². The molecule has 2 aromatic rings. The van der Waals surface area contributed by atoms with Crippen molar-refractivity contribution in [1.29, 1.82) is 0 Å². The molecule has 0 aliphatic rings. The van der Waals surface area contributed by atoms with Gasteiger partial charge in [0.15, 0.2) is 0 Å². The second-order valence-corrected chi connectivity index (χ2v) is 3.29. The SMILES string of the molecule is Cc1nc2ccc([N+](=O)[O-])cc2c(=O)n1N. The molecule has 0 spiro atoms. The fourth-order valence-electron chi connectivity index (χ4n) is 1.41. The fraction of sp³-hybridized carbons (Fsp3) is 0.111. The third-order valence-electron chi connectivity index (χ3n) is 2.27. The van der Waals surface area contributed by atoms with Gasteiger partial charge in [0, 0.05) is 12.1 Å². The molecule has 0 atom stereocenters. The van der Waals surface area contributed by atoms with Gasteiger partial charge in [-0.05, 0) is 13.0 Å². The van der Waals surface area contributed by atoms with Crippen LogP contribution in [-0.2, 0) is 0 Å². The summed E-state index contributed by atoms with van der Waals surface area (Å²) in [5.74, 6) is 5.80. The van der Waals surface area contributed by atoms with Crippen molar-refractivity contribution in [2.24, 2.45) is 0 Å². The van der Waals surface area contributed by atoms with Crippen LogP contribution in [-0.4, -0.2) is 14.6 Å². The van der Waals surface area contributed by atoms with Crippen LogP contribution >= 0.6 is 0 Å². The number of non-ortho nitro benzene ring substituents is 1. The van der Waals surface area contributed by atoms with Gasteiger partial charge in [0.1, 0.15) is 5.82 Å². The van der Waals surface area contributed by atoms with Crippen molar-refractivity contribution in [1.82, 2.24) is 9.66 Å². The highest BCUT2D eigenvalue weighted by Gasteiger charge is 2.11. The lowest BCUT2D eigenvalue weighted by atomic mass is 10.2. The second kappa shape index (κ2) is 3.30. The number of fused-ring (bicyclic) bond motifs is 1. The molecule has 0 fully saturated rings. The number of nitrogens with two attached hydrogens (primary N) is 1. The van der Waals surface area contributed by atoms with Crippen LogP contribution in [0.3, 0.4) is 0 Å². The number of nitro benzene ring substituents is 1. The molecule has 16 heavy (non-hydrogen) atoms. The molecular weight excluding hydrogens is 212 g/mol. The summed E-state index contributed by atoms with van der Waals surface area (Å²) in [6.07, 6.45) is 0. The first kappa shape index (κ1) is 10.1. The molecule has 0 radical (unpaired) electrons. The topological polar surface area (TPSA) is 104 Å². The lowest BCUT2D eigenvalue weighted by Gasteiger charge is -2.04. The Kier molecular flexibility index (Phi) is 2.08. The van der Waals surface area contributed by atoms with Gasteiger partial charge >= 0.3 is 0 Å². The predicted molar refractivity (Wildman–Crippen MR) is 57.5 cm³/mol. The molecule has 0 amide bonds. The van der Waals surface area contributed by atoms with Crippen molar-refractivity contribution >= 4 is 16.6 Å². The maximum Gasteiger partial charge on any atom is 0.280 e. The van der Waals surface area contributed by atoms with Gasteiger partial charge in [-0.25, -0.2) is 9.66 Å². The summed E-state index contributed by atoms with van der Waals surface area (Å²) in [5.41, 5.74) is -0.253. The highest BCUT2D eigenvalue weighted by Crippen LogP contribution is 2.16. The molecule has 0 bridgehead atoms. The van der Waals surface area contributed by atoms with E-state index < -0.39 is 10.5 Å². The Morgan fingerprint density at radius 2 is 2.19 bits per heavy atom. The number of hydrogen-bond donors (Lipinski definition) is 1. The molecule has 2 rings (SSSR count). The highest BCUT2D eigenvalue weighted by atomic mass is 16.6. The molecular formula is C9H8N4O3. The number of rotatable bonds is 1. The quantitative estimate of drug-likeness (QED) is 0.423. The zero-order valence-electron chi connectivity index (χ0n) is 8.38. The third kappa shape index (κ3) is 1.38.